The van der Waals surface area contributed by atoms with Crippen LogP contribution in [0.2, 0.25) is 0 Å². The molecule has 0 saturated heterocycles. The Morgan fingerprint density at radius 1 is 1.32 bits per heavy atom. The van der Waals surface area contributed by atoms with Gasteiger partial charge in [0.25, 0.3) is 0 Å². The van der Waals surface area contributed by atoms with Gasteiger partial charge in [0.2, 0.25) is 10.0 Å². The normalized spacial score (nSPS) is 29.6. The number of rotatable bonds is 4. The molecule has 2 aliphatic carbocycles. The van der Waals surface area contributed by atoms with Crippen LogP contribution in [0, 0.1) is 11.8 Å². The van der Waals surface area contributed by atoms with Gasteiger partial charge in [-0.2, -0.15) is 0 Å². The summed E-state index contributed by atoms with van der Waals surface area (Å²) in [4.78, 5) is 4.29. The number of nitrogens with one attached hydrogen (secondary N) is 2. The molecule has 0 amide bonds. The standard InChI is InChI=1S/C13H19N3O2S/c1-14-13-12(3-2-6-15-13)19(17,18)16-11-8-9-4-5-10(11)7-9/h2-3,6,9-11,16H,4-5,7-8H2,1H3,(H,14,15). The molecule has 2 saturated carbocycles. The van der Waals surface area contributed by atoms with Gasteiger partial charge in [0, 0.05) is 19.3 Å². The Morgan fingerprint density at radius 2 is 2.16 bits per heavy atom. The number of fused-ring (bicyclic) bond motifs is 2. The third-order valence-corrected chi connectivity index (χ3v) is 5.86. The largest absolute Gasteiger partial charge is 0.372 e. The van der Waals surface area contributed by atoms with Crippen molar-refractivity contribution in [3.05, 3.63) is 18.3 Å². The van der Waals surface area contributed by atoms with Gasteiger partial charge >= 0.3 is 0 Å². The predicted molar refractivity (Wildman–Crippen MR) is 73.3 cm³/mol. The minimum atomic E-state index is -3.48. The van der Waals surface area contributed by atoms with Gasteiger partial charge < -0.3 is 5.32 Å². The highest BCUT2D eigenvalue weighted by Crippen LogP contribution is 2.44. The number of hydrogen-bond donors (Lipinski definition) is 2. The van der Waals surface area contributed by atoms with E-state index in [1.807, 2.05) is 0 Å². The third-order valence-electron chi connectivity index (χ3n) is 4.34. The molecule has 0 spiro atoms. The van der Waals surface area contributed by atoms with Crippen molar-refractivity contribution in [2.75, 3.05) is 12.4 Å². The van der Waals surface area contributed by atoms with Crippen molar-refractivity contribution >= 4 is 15.8 Å². The van der Waals surface area contributed by atoms with Crippen LogP contribution in [0.4, 0.5) is 5.82 Å². The van der Waals surface area contributed by atoms with Crippen LogP contribution in [0.5, 0.6) is 0 Å². The average Bonchev–Trinajstić information content (AvgIpc) is 3.00. The molecular weight excluding hydrogens is 262 g/mol. The second kappa shape index (κ2) is 4.76. The highest BCUT2D eigenvalue weighted by Gasteiger charge is 2.41. The van der Waals surface area contributed by atoms with Crippen molar-refractivity contribution in [2.24, 2.45) is 11.8 Å². The summed E-state index contributed by atoms with van der Waals surface area (Å²) >= 11 is 0. The van der Waals surface area contributed by atoms with Crippen molar-refractivity contribution in [3.8, 4) is 0 Å². The van der Waals surface area contributed by atoms with E-state index in [-0.39, 0.29) is 10.9 Å². The molecule has 104 valence electrons. The second-order valence-electron chi connectivity index (χ2n) is 5.50. The lowest BCUT2D eigenvalue weighted by molar-refractivity contribution is 0.390. The molecule has 0 radical (unpaired) electrons. The van der Waals surface area contributed by atoms with Gasteiger partial charge in [-0.05, 0) is 43.2 Å². The molecule has 3 unspecified atom stereocenters. The maximum atomic E-state index is 12.5. The molecule has 19 heavy (non-hydrogen) atoms. The molecule has 1 aromatic heterocycles. The Bertz CT molecular complexity index is 573. The van der Waals surface area contributed by atoms with Crippen LogP contribution in [0.15, 0.2) is 23.2 Å². The summed E-state index contributed by atoms with van der Waals surface area (Å²) < 4.78 is 27.8. The molecule has 2 aliphatic rings. The lowest BCUT2D eigenvalue weighted by Gasteiger charge is -2.23. The van der Waals surface area contributed by atoms with Crippen LogP contribution in [-0.2, 0) is 10.0 Å². The van der Waals surface area contributed by atoms with Crippen LogP contribution in [-0.4, -0.2) is 26.5 Å². The third kappa shape index (κ3) is 2.34. The summed E-state index contributed by atoms with van der Waals surface area (Å²) in [5.74, 6) is 1.64. The van der Waals surface area contributed by atoms with Crippen LogP contribution in [0.1, 0.15) is 25.7 Å². The number of nitrogens with zero attached hydrogens (tertiary/aromatic N) is 1. The monoisotopic (exact) mass is 281 g/mol. The summed E-state index contributed by atoms with van der Waals surface area (Å²) in [5, 5.41) is 2.83. The van der Waals surface area contributed by atoms with Gasteiger partial charge in [0.05, 0.1) is 0 Å². The Morgan fingerprint density at radius 3 is 2.79 bits per heavy atom. The Labute approximate surface area is 113 Å². The lowest BCUT2D eigenvalue weighted by atomic mass is 9.96. The van der Waals surface area contributed by atoms with E-state index in [1.165, 1.54) is 12.8 Å². The first-order chi connectivity index (χ1) is 9.10. The van der Waals surface area contributed by atoms with Crippen LogP contribution >= 0.6 is 0 Å². The fourth-order valence-corrected chi connectivity index (χ4v) is 4.93. The molecule has 2 fully saturated rings. The van der Waals surface area contributed by atoms with Gasteiger partial charge in [-0.1, -0.05) is 6.42 Å². The fraction of sp³-hybridized carbons (Fsp3) is 0.615. The van der Waals surface area contributed by atoms with E-state index >= 15 is 0 Å². The number of aromatic nitrogens is 1. The van der Waals surface area contributed by atoms with E-state index in [9.17, 15) is 8.42 Å². The quantitative estimate of drug-likeness (QED) is 0.879. The van der Waals surface area contributed by atoms with Gasteiger partial charge in [-0.15, -0.1) is 0 Å². The molecule has 1 heterocycles. The topological polar surface area (TPSA) is 71.1 Å². The van der Waals surface area contributed by atoms with E-state index in [4.69, 9.17) is 0 Å². The van der Waals surface area contributed by atoms with E-state index in [1.54, 1.807) is 25.4 Å². The average molecular weight is 281 g/mol. The van der Waals surface area contributed by atoms with Crippen LogP contribution < -0.4 is 10.0 Å². The Hall–Kier alpha value is -1.14. The molecular formula is C13H19N3O2S. The van der Waals surface area contributed by atoms with E-state index < -0.39 is 10.0 Å². The molecule has 1 aromatic rings. The van der Waals surface area contributed by atoms with Crippen molar-refractivity contribution < 1.29 is 8.42 Å². The van der Waals surface area contributed by atoms with E-state index in [2.05, 4.69) is 15.0 Å². The predicted octanol–water partition coefficient (Wildman–Crippen LogP) is 1.59. The van der Waals surface area contributed by atoms with Gasteiger partial charge in [0.1, 0.15) is 10.7 Å². The molecule has 3 rings (SSSR count). The second-order valence-corrected chi connectivity index (χ2v) is 7.19. The summed E-state index contributed by atoms with van der Waals surface area (Å²) in [6.45, 7) is 0. The maximum Gasteiger partial charge on any atom is 0.244 e. The summed E-state index contributed by atoms with van der Waals surface area (Å²) in [6.07, 6.45) is 6.17. The first kappa shape index (κ1) is 12.9. The lowest BCUT2D eigenvalue weighted by Crippen LogP contribution is -2.38. The SMILES string of the molecule is CNc1ncccc1S(=O)(=O)NC1CC2CCC1C2. The highest BCUT2D eigenvalue weighted by atomic mass is 32.2. The summed E-state index contributed by atoms with van der Waals surface area (Å²) in [5.41, 5.74) is 0. The smallest absolute Gasteiger partial charge is 0.244 e. The number of hydrogen-bond acceptors (Lipinski definition) is 4. The van der Waals surface area contributed by atoms with E-state index in [0.29, 0.717) is 11.7 Å². The van der Waals surface area contributed by atoms with E-state index in [0.717, 1.165) is 18.8 Å². The number of anilines is 1. The first-order valence-electron chi connectivity index (χ1n) is 6.75. The van der Waals surface area contributed by atoms with Crippen molar-refractivity contribution in [3.63, 3.8) is 0 Å². The number of sulfonamides is 1. The zero-order valence-corrected chi connectivity index (χ0v) is 11.8. The Balaban J connectivity index is 1.83. The van der Waals surface area contributed by atoms with Gasteiger partial charge in [-0.3, -0.25) is 0 Å². The highest BCUT2D eigenvalue weighted by molar-refractivity contribution is 7.89. The molecule has 0 aromatic carbocycles. The van der Waals surface area contributed by atoms with Gasteiger partial charge in [-0.25, -0.2) is 18.1 Å². The molecule has 0 aliphatic heterocycles. The van der Waals surface area contributed by atoms with Crippen LogP contribution in [0.3, 0.4) is 0 Å². The zero-order valence-electron chi connectivity index (χ0n) is 11.0. The molecule has 2 N–H and O–H groups in total. The first-order valence-corrected chi connectivity index (χ1v) is 8.23. The maximum absolute atomic E-state index is 12.5. The Kier molecular flexibility index (Phi) is 3.22. The fourth-order valence-electron chi connectivity index (χ4n) is 3.45. The summed E-state index contributed by atoms with van der Waals surface area (Å²) in [7, 11) is -1.80. The minimum absolute atomic E-state index is 0.105. The molecule has 5 nitrogen and oxygen atoms in total. The molecule has 3 atom stereocenters. The van der Waals surface area contributed by atoms with Crippen molar-refractivity contribution in [1.29, 1.82) is 0 Å². The van der Waals surface area contributed by atoms with Crippen molar-refractivity contribution in [1.82, 2.24) is 9.71 Å². The summed E-state index contributed by atoms with van der Waals surface area (Å²) in [6, 6.07) is 3.35. The number of pyridine rings is 1. The van der Waals surface area contributed by atoms with Crippen molar-refractivity contribution in [2.45, 2.75) is 36.6 Å². The molecule has 2 bridgehead atoms. The van der Waals surface area contributed by atoms with Crippen LogP contribution in [0.25, 0.3) is 0 Å². The minimum Gasteiger partial charge on any atom is -0.372 e. The zero-order chi connectivity index (χ0) is 13.5. The molecule has 6 heteroatoms. The van der Waals surface area contributed by atoms with Gasteiger partial charge in [0.15, 0.2) is 0 Å².